The molecule has 1 atom stereocenters. The summed E-state index contributed by atoms with van der Waals surface area (Å²) in [5, 5.41) is 11.4. The lowest BCUT2D eigenvalue weighted by atomic mass is 10.0. The van der Waals surface area contributed by atoms with E-state index in [1.165, 1.54) is 12.1 Å². The van der Waals surface area contributed by atoms with Crippen LogP contribution in [0.2, 0.25) is 5.02 Å². The molecule has 0 heterocycles. The Bertz CT molecular complexity index is 661. The first-order valence-electron chi connectivity index (χ1n) is 6.49. The number of nitrogens with zero attached hydrogens (tertiary/aromatic N) is 1. The Kier molecular flexibility index (Phi) is 4.77. The van der Waals surface area contributed by atoms with Crippen LogP contribution in [0.5, 0.6) is 11.5 Å². The van der Waals surface area contributed by atoms with Crippen molar-refractivity contribution in [2.45, 2.75) is 19.4 Å². The summed E-state index contributed by atoms with van der Waals surface area (Å²) in [5.74, 6) is 0.650. The topological polar surface area (TPSA) is 78.4 Å². The highest BCUT2D eigenvalue weighted by molar-refractivity contribution is 6.30. The van der Waals surface area contributed by atoms with Crippen molar-refractivity contribution in [1.82, 2.24) is 0 Å². The van der Waals surface area contributed by atoms with Crippen molar-refractivity contribution >= 4 is 17.3 Å². The number of halogens is 1. The molecule has 0 bridgehead atoms. The molecule has 0 aliphatic carbocycles. The highest BCUT2D eigenvalue weighted by Gasteiger charge is 2.18. The fraction of sp³-hybridized carbons (Fsp3) is 0.200. The Morgan fingerprint density at radius 3 is 2.67 bits per heavy atom. The van der Waals surface area contributed by atoms with Crippen LogP contribution >= 0.6 is 11.6 Å². The van der Waals surface area contributed by atoms with Crippen LogP contribution in [0.1, 0.15) is 24.9 Å². The van der Waals surface area contributed by atoms with E-state index in [0.29, 0.717) is 5.75 Å². The molecule has 0 unspecified atom stereocenters. The molecular weight excluding hydrogens is 292 g/mol. The second kappa shape index (κ2) is 6.56. The first kappa shape index (κ1) is 15.3. The van der Waals surface area contributed by atoms with E-state index in [0.717, 1.165) is 12.0 Å². The SMILES string of the molecule is CC[C@@H](N)c1ccccc1Oc1ccc(Cl)cc1[N+](=O)[O-]. The van der Waals surface area contributed by atoms with Gasteiger partial charge in [0.15, 0.2) is 0 Å². The van der Waals surface area contributed by atoms with Crippen molar-refractivity contribution < 1.29 is 9.66 Å². The lowest BCUT2D eigenvalue weighted by Crippen LogP contribution is -2.09. The fourth-order valence-electron chi connectivity index (χ4n) is 1.94. The summed E-state index contributed by atoms with van der Waals surface area (Å²) < 4.78 is 5.70. The molecule has 2 N–H and O–H groups in total. The van der Waals surface area contributed by atoms with Crippen LogP contribution in [0, 0.1) is 10.1 Å². The van der Waals surface area contributed by atoms with Crippen molar-refractivity contribution in [3.8, 4) is 11.5 Å². The summed E-state index contributed by atoms with van der Waals surface area (Å²) in [6.45, 7) is 1.96. The minimum Gasteiger partial charge on any atom is -0.450 e. The standard InChI is InChI=1S/C15H15ClN2O3/c1-2-12(17)11-5-3-4-6-14(11)21-15-8-7-10(16)9-13(15)18(19)20/h3-9,12H,2,17H2,1H3/t12-/m1/s1. The predicted molar refractivity (Wildman–Crippen MR) is 81.8 cm³/mol. The van der Waals surface area contributed by atoms with E-state index < -0.39 is 4.92 Å². The summed E-state index contributed by atoms with van der Waals surface area (Å²) in [6, 6.07) is 11.3. The second-order valence-corrected chi connectivity index (χ2v) is 4.96. The maximum Gasteiger partial charge on any atom is 0.313 e. The average Bonchev–Trinajstić information content (AvgIpc) is 2.48. The molecule has 5 nitrogen and oxygen atoms in total. The van der Waals surface area contributed by atoms with Gasteiger partial charge in [-0.15, -0.1) is 0 Å². The van der Waals surface area contributed by atoms with Gasteiger partial charge in [0.05, 0.1) is 4.92 Å². The lowest BCUT2D eigenvalue weighted by molar-refractivity contribution is -0.385. The van der Waals surface area contributed by atoms with Gasteiger partial charge in [0.25, 0.3) is 0 Å². The summed E-state index contributed by atoms with van der Waals surface area (Å²) in [4.78, 5) is 10.6. The second-order valence-electron chi connectivity index (χ2n) is 4.52. The molecule has 0 spiro atoms. The third-order valence-electron chi connectivity index (χ3n) is 3.10. The lowest BCUT2D eigenvalue weighted by Gasteiger charge is -2.15. The number of rotatable bonds is 5. The minimum absolute atomic E-state index is 0.139. The maximum absolute atomic E-state index is 11.1. The number of hydrogen-bond donors (Lipinski definition) is 1. The molecule has 0 aliphatic rings. The third-order valence-corrected chi connectivity index (χ3v) is 3.33. The van der Waals surface area contributed by atoms with Crippen LogP contribution in [-0.4, -0.2) is 4.92 Å². The summed E-state index contributed by atoms with van der Waals surface area (Å²) in [5.41, 5.74) is 6.67. The summed E-state index contributed by atoms with van der Waals surface area (Å²) >= 11 is 5.79. The predicted octanol–water partition coefficient (Wildman–Crippen LogP) is 4.45. The van der Waals surface area contributed by atoms with Crippen molar-refractivity contribution in [3.63, 3.8) is 0 Å². The average molecular weight is 307 g/mol. The van der Waals surface area contributed by atoms with Gasteiger partial charge in [0.1, 0.15) is 5.75 Å². The third kappa shape index (κ3) is 3.51. The molecular formula is C15H15ClN2O3. The molecule has 21 heavy (non-hydrogen) atoms. The van der Waals surface area contributed by atoms with Crippen LogP contribution < -0.4 is 10.5 Å². The van der Waals surface area contributed by atoms with Gasteiger partial charge in [-0.3, -0.25) is 10.1 Å². The van der Waals surface area contributed by atoms with Crippen LogP contribution in [0.15, 0.2) is 42.5 Å². The normalized spacial score (nSPS) is 12.0. The molecule has 0 saturated heterocycles. The number of hydrogen-bond acceptors (Lipinski definition) is 4. The number of ether oxygens (including phenoxy) is 1. The van der Waals surface area contributed by atoms with E-state index in [1.54, 1.807) is 18.2 Å². The molecule has 2 rings (SSSR count). The van der Waals surface area contributed by atoms with Gasteiger partial charge in [-0.2, -0.15) is 0 Å². The van der Waals surface area contributed by atoms with Gasteiger partial charge in [-0.25, -0.2) is 0 Å². The molecule has 2 aromatic carbocycles. The zero-order valence-corrected chi connectivity index (χ0v) is 12.2. The molecule has 6 heteroatoms. The van der Waals surface area contributed by atoms with Crippen LogP contribution in [0.4, 0.5) is 5.69 Å². The number of nitro groups is 1. The molecule has 0 aliphatic heterocycles. The molecule has 0 saturated carbocycles. The van der Waals surface area contributed by atoms with E-state index in [9.17, 15) is 10.1 Å². The maximum atomic E-state index is 11.1. The monoisotopic (exact) mass is 306 g/mol. The van der Waals surface area contributed by atoms with Crippen molar-refractivity contribution in [1.29, 1.82) is 0 Å². The Hall–Kier alpha value is -2.11. The van der Waals surface area contributed by atoms with Gasteiger partial charge in [0.2, 0.25) is 5.75 Å². The Morgan fingerprint density at radius 2 is 2.00 bits per heavy atom. The van der Waals surface area contributed by atoms with E-state index in [1.807, 2.05) is 19.1 Å². The van der Waals surface area contributed by atoms with Crippen LogP contribution in [0.3, 0.4) is 0 Å². The van der Waals surface area contributed by atoms with Gasteiger partial charge < -0.3 is 10.5 Å². The van der Waals surface area contributed by atoms with E-state index in [4.69, 9.17) is 22.1 Å². The molecule has 2 aromatic rings. The van der Waals surface area contributed by atoms with Gasteiger partial charge >= 0.3 is 5.69 Å². The highest BCUT2D eigenvalue weighted by atomic mass is 35.5. The summed E-state index contributed by atoms with van der Waals surface area (Å²) in [7, 11) is 0. The number of nitrogens with two attached hydrogens (primary N) is 1. The summed E-state index contributed by atoms with van der Waals surface area (Å²) in [6.07, 6.45) is 0.739. The van der Waals surface area contributed by atoms with Crippen molar-refractivity contribution in [2.75, 3.05) is 0 Å². The molecule has 0 fully saturated rings. The Morgan fingerprint density at radius 1 is 1.29 bits per heavy atom. The quantitative estimate of drug-likeness (QED) is 0.654. The Balaban J connectivity index is 2.41. The van der Waals surface area contributed by atoms with Gasteiger partial charge in [-0.1, -0.05) is 36.7 Å². The number of nitro benzene ring substituents is 1. The molecule has 0 amide bonds. The molecule has 110 valence electrons. The largest absolute Gasteiger partial charge is 0.450 e. The van der Waals surface area contributed by atoms with Gasteiger partial charge in [-0.05, 0) is 24.6 Å². The van der Waals surface area contributed by atoms with Crippen LogP contribution in [-0.2, 0) is 0 Å². The van der Waals surface area contributed by atoms with E-state index >= 15 is 0 Å². The zero-order valence-electron chi connectivity index (χ0n) is 11.5. The first-order valence-corrected chi connectivity index (χ1v) is 6.87. The molecule has 0 radical (unpaired) electrons. The highest BCUT2D eigenvalue weighted by Crippen LogP contribution is 2.36. The Labute approximate surface area is 127 Å². The minimum atomic E-state index is -0.524. The number of benzene rings is 2. The first-order chi connectivity index (χ1) is 10.0. The van der Waals surface area contributed by atoms with Crippen molar-refractivity contribution in [2.24, 2.45) is 5.73 Å². The van der Waals surface area contributed by atoms with Crippen LogP contribution in [0.25, 0.3) is 0 Å². The van der Waals surface area contributed by atoms with Gasteiger partial charge in [0, 0.05) is 22.7 Å². The zero-order chi connectivity index (χ0) is 15.4. The molecule has 0 aromatic heterocycles. The van der Waals surface area contributed by atoms with E-state index in [2.05, 4.69) is 0 Å². The number of para-hydroxylation sites is 1. The fourth-order valence-corrected chi connectivity index (χ4v) is 2.10. The van der Waals surface area contributed by atoms with Crippen molar-refractivity contribution in [3.05, 3.63) is 63.2 Å². The van der Waals surface area contributed by atoms with E-state index in [-0.39, 0.29) is 22.5 Å². The smallest absolute Gasteiger partial charge is 0.313 e.